The molecule has 5 nitrogen and oxygen atoms in total. The summed E-state index contributed by atoms with van der Waals surface area (Å²) in [6, 6.07) is 3.89. The van der Waals surface area contributed by atoms with Crippen molar-refractivity contribution in [2.45, 2.75) is 25.9 Å². The van der Waals surface area contributed by atoms with E-state index in [-0.39, 0.29) is 17.9 Å². The number of thiophene rings is 1. The smallest absolute Gasteiger partial charge is 0.254 e. The highest BCUT2D eigenvalue weighted by atomic mass is 32.1. The molecular weight excluding hydrogens is 329 g/mol. The third kappa shape index (κ3) is 3.79. The predicted molar refractivity (Wildman–Crippen MR) is 90.3 cm³/mol. The maximum atomic E-state index is 14.1. The summed E-state index contributed by atoms with van der Waals surface area (Å²) in [5.74, 6) is -0.607. The molecule has 0 unspecified atom stereocenters. The average Bonchev–Trinajstić information content (AvgIpc) is 3.26. The number of halogens is 1. The lowest BCUT2D eigenvalue weighted by molar-refractivity contribution is -0.125. The SMILES string of the molecule is CCc1ncnc(O[C@H]2CCN(C(=O)/C=C/c3cccs3)C2)c1F. The van der Waals surface area contributed by atoms with Crippen molar-refractivity contribution in [1.82, 2.24) is 14.9 Å². The van der Waals surface area contributed by atoms with Crippen LogP contribution < -0.4 is 4.74 Å². The molecule has 0 saturated carbocycles. The molecule has 0 aromatic carbocycles. The summed E-state index contributed by atoms with van der Waals surface area (Å²) in [5, 5.41) is 1.96. The lowest BCUT2D eigenvalue weighted by atomic mass is 10.3. The number of carbonyl (C=O) groups is 1. The Morgan fingerprint density at radius 3 is 3.17 bits per heavy atom. The predicted octanol–water partition coefficient (Wildman–Crippen LogP) is 2.93. The Hall–Kier alpha value is -2.28. The van der Waals surface area contributed by atoms with Crippen molar-refractivity contribution in [3.8, 4) is 5.88 Å². The number of amides is 1. The number of hydrogen-bond donors (Lipinski definition) is 0. The number of ether oxygens (including phenoxy) is 1. The van der Waals surface area contributed by atoms with E-state index >= 15 is 0 Å². The highest BCUT2D eigenvalue weighted by Crippen LogP contribution is 2.21. The third-order valence-electron chi connectivity index (χ3n) is 3.83. The second-order valence-electron chi connectivity index (χ2n) is 5.45. The van der Waals surface area contributed by atoms with Gasteiger partial charge in [-0.05, 0) is 23.9 Å². The molecule has 0 aliphatic carbocycles. The van der Waals surface area contributed by atoms with Gasteiger partial charge in [0, 0.05) is 23.9 Å². The van der Waals surface area contributed by atoms with Gasteiger partial charge < -0.3 is 9.64 Å². The monoisotopic (exact) mass is 347 g/mol. The lowest BCUT2D eigenvalue weighted by Gasteiger charge is -2.15. The minimum absolute atomic E-state index is 0.0322. The Bertz CT molecular complexity index is 733. The number of hydrogen-bond acceptors (Lipinski definition) is 5. The van der Waals surface area contributed by atoms with Crippen LogP contribution in [0.2, 0.25) is 0 Å². The first-order chi connectivity index (χ1) is 11.7. The van der Waals surface area contributed by atoms with E-state index in [1.165, 1.54) is 6.33 Å². The van der Waals surface area contributed by atoms with E-state index < -0.39 is 5.82 Å². The lowest BCUT2D eigenvalue weighted by Crippen LogP contribution is -2.29. The molecule has 1 aliphatic heterocycles. The Balaban J connectivity index is 1.58. The first-order valence-electron chi connectivity index (χ1n) is 7.84. The number of aryl methyl sites for hydroxylation is 1. The molecule has 0 radical (unpaired) electrons. The molecule has 1 atom stereocenters. The second kappa shape index (κ2) is 7.53. The van der Waals surface area contributed by atoms with Gasteiger partial charge in [-0.1, -0.05) is 13.0 Å². The van der Waals surface area contributed by atoms with Crippen molar-refractivity contribution in [2.24, 2.45) is 0 Å². The first kappa shape index (κ1) is 16.6. The minimum Gasteiger partial charge on any atom is -0.470 e. The van der Waals surface area contributed by atoms with Gasteiger partial charge in [0.1, 0.15) is 12.4 Å². The summed E-state index contributed by atoms with van der Waals surface area (Å²) in [5.41, 5.74) is 0.338. The van der Waals surface area contributed by atoms with Gasteiger partial charge in [-0.15, -0.1) is 11.3 Å². The summed E-state index contributed by atoms with van der Waals surface area (Å²) in [6.07, 6.45) is 5.56. The third-order valence-corrected chi connectivity index (χ3v) is 4.67. The van der Waals surface area contributed by atoms with Gasteiger partial charge in [-0.25, -0.2) is 4.98 Å². The van der Waals surface area contributed by atoms with Crippen LogP contribution in [0.25, 0.3) is 6.08 Å². The van der Waals surface area contributed by atoms with E-state index in [4.69, 9.17) is 4.74 Å². The van der Waals surface area contributed by atoms with Gasteiger partial charge in [0.15, 0.2) is 0 Å². The highest BCUT2D eigenvalue weighted by Gasteiger charge is 2.28. The van der Waals surface area contributed by atoms with Crippen LogP contribution in [0.4, 0.5) is 4.39 Å². The largest absolute Gasteiger partial charge is 0.470 e. The van der Waals surface area contributed by atoms with Gasteiger partial charge in [0.25, 0.3) is 5.88 Å². The van der Waals surface area contributed by atoms with E-state index in [9.17, 15) is 9.18 Å². The molecule has 1 aliphatic rings. The van der Waals surface area contributed by atoms with Crippen LogP contribution in [0, 0.1) is 5.82 Å². The molecule has 1 fully saturated rings. The van der Waals surface area contributed by atoms with E-state index in [0.29, 0.717) is 31.6 Å². The molecule has 2 aromatic rings. The molecule has 1 amide bonds. The van der Waals surface area contributed by atoms with Crippen molar-refractivity contribution in [3.05, 3.63) is 46.3 Å². The van der Waals surface area contributed by atoms with Gasteiger partial charge in [0.2, 0.25) is 11.7 Å². The summed E-state index contributed by atoms with van der Waals surface area (Å²) >= 11 is 1.58. The molecule has 2 aromatic heterocycles. The van der Waals surface area contributed by atoms with Gasteiger partial charge in [-0.3, -0.25) is 4.79 Å². The van der Waals surface area contributed by atoms with Crippen molar-refractivity contribution < 1.29 is 13.9 Å². The molecule has 0 N–H and O–H groups in total. The molecule has 126 valence electrons. The van der Waals surface area contributed by atoms with Crippen molar-refractivity contribution in [3.63, 3.8) is 0 Å². The van der Waals surface area contributed by atoms with Crippen molar-refractivity contribution >= 4 is 23.3 Å². The number of nitrogens with zero attached hydrogens (tertiary/aromatic N) is 3. The zero-order chi connectivity index (χ0) is 16.9. The average molecular weight is 347 g/mol. The standard InChI is InChI=1S/C17H18FN3O2S/c1-2-14-16(18)17(20-11-19-14)23-12-7-8-21(10-12)15(22)6-5-13-4-3-9-24-13/h3-6,9,11-12H,2,7-8,10H2,1H3/b6-5+/t12-/m0/s1. The van der Waals surface area contributed by atoms with Crippen LogP contribution >= 0.6 is 11.3 Å². The Kier molecular flexibility index (Phi) is 5.20. The zero-order valence-corrected chi connectivity index (χ0v) is 14.1. The van der Waals surface area contributed by atoms with Crippen LogP contribution in [0.1, 0.15) is 23.9 Å². The molecule has 1 saturated heterocycles. The summed E-state index contributed by atoms with van der Waals surface area (Å²) in [7, 11) is 0. The summed E-state index contributed by atoms with van der Waals surface area (Å²) < 4.78 is 19.8. The number of aromatic nitrogens is 2. The molecule has 24 heavy (non-hydrogen) atoms. The summed E-state index contributed by atoms with van der Waals surface area (Å²) in [6.45, 7) is 2.84. The van der Waals surface area contributed by atoms with E-state index in [2.05, 4.69) is 9.97 Å². The first-order valence-corrected chi connectivity index (χ1v) is 8.72. The second-order valence-corrected chi connectivity index (χ2v) is 6.43. The molecule has 3 rings (SSSR count). The van der Waals surface area contributed by atoms with Crippen molar-refractivity contribution in [1.29, 1.82) is 0 Å². The van der Waals surface area contributed by atoms with Crippen LogP contribution in [-0.2, 0) is 11.2 Å². The Labute approximate surface area is 143 Å². The van der Waals surface area contributed by atoms with E-state index in [0.717, 1.165) is 4.88 Å². The molecule has 0 spiro atoms. The molecule has 0 bridgehead atoms. The van der Waals surface area contributed by atoms with E-state index in [1.54, 1.807) is 28.4 Å². The fourth-order valence-electron chi connectivity index (χ4n) is 2.54. The Morgan fingerprint density at radius 1 is 1.54 bits per heavy atom. The zero-order valence-electron chi connectivity index (χ0n) is 13.3. The topological polar surface area (TPSA) is 55.3 Å². The van der Waals surface area contributed by atoms with Crippen molar-refractivity contribution in [2.75, 3.05) is 13.1 Å². The van der Waals surface area contributed by atoms with Crippen LogP contribution in [0.5, 0.6) is 5.88 Å². The summed E-state index contributed by atoms with van der Waals surface area (Å²) in [4.78, 5) is 22.7. The highest BCUT2D eigenvalue weighted by molar-refractivity contribution is 7.10. The molecular formula is C17H18FN3O2S. The van der Waals surface area contributed by atoms with Crippen LogP contribution in [0.15, 0.2) is 29.9 Å². The Morgan fingerprint density at radius 2 is 2.42 bits per heavy atom. The van der Waals surface area contributed by atoms with E-state index in [1.807, 2.05) is 24.4 Å². The normalized spacial score (nSPS) is 17.6. The molecule has 3 heterocycles. The van der Waals surface area contributed by atoms with Crippen LogP contribution in [-0.4, -0.2) is 40.0 Å². The number of likely N-dealkylation sites (tertiary alicyclic amines) is 1. The fourth-order valence-corrected chi connectivity index (χ4v) is 3.16. The quantitative estimate of drug-likeness (QED) is 0.781. The minimum atomic E-state index is -0.512. The van der Waals surface area contributed by atoms with Gasteiger partial charge in [0.05, 0.1) is 12.2 Å². The molecule has 7 heteroatoms. The fraction of sp³-hybridized carbons (Fsp3) is 0.353. The number of carbonyl (C=O) groups excluding carboxylic acids is 1. The number of rotatable bonds is 5. The van der Waals surface area contributed by atoms with Gasteiger partial charge in [-0.2, -0.15) is 9.37 Å². The van der Waals surface area contributed by atoms with Crippen LogP contribution in [0.3, 0.4) is 0 Å². The van der Waals surface area contributed by atoms with Gasteiger partial charge >= 0.3 is 0 Å². The maximum absolute atomic E-state index is 14.1. The maximum Gasteiger partial charge on any atom is 0.254 e.